The van der Waals surface area contributed by atoms with Crippen LogP contribution < -0.4 is 0 Å². The standard InChI is InChI=1S/C30H16N4O2S2/c1-3-27(37-25(1)17-5-9-31-10-6-17)29-33-21-13-19-16-24-22(14-20(19)15-23(21)35-29)34-30(36-24)28-4-2-26(38-28)18-7-11-32-12-8-18/h1-16H. The van der Waals surface area contributed by atoms with Crippen molar-refractivity contribution in [2.24, 2.45) is 0 Å². The van der Waals surface area contributed by atoms with Gasteiger partial charge in [-0.1, -0.05) is 0 Å². The normalized spacial score (nSPS) is 11.7. The fraction of sp³-hybridized carbons (Fsp3) is 0. The lowest BCUT2D eigenvalue weighted by atomic mass is 10.1. The highest BCUT2D eigenvalue weighted by molar-refractivity contribution is 7.19. The average molecular weight is 529 g/mol. The van der Waals surface area contributed by atoms with E-state index in [1.54, 1.807) is 47.5 Å². The number of hydrogen-bond donors (Lipinski definition) is 0. The predicted octanol–water partition coefficient (Wildman–Crippen LogP) is 8.70. The number of hydrogen-bond acceptors (Lipinski definition) is 8. The van der Waals surface area contributed by atoms with Crippen LogP contribution in [0.3, 0.4) is 0 Å². The molecule has 0 N–H and O–H groups in total. The van der Waals surface area contributed by atoms with Gasteiger partial charge < -0.3 is 8.83 Å². The molecule has 0 aliphatic carbocycles. The van der Waals surface area contributed by atoms with Gasteiger partial charge in [0.1, 0.15) is 11.0 Å². The third-order valence-electron chi connectivity index (χ3n) is 6.42. The molecule has 0 radical (unpaired) electrons. The van der Waals surface area contributed by atoms with Crippen molar-refractivity contribution in [2.75, 3.05) is 0 Å². The summed E-state index contributed by atoms with van der Waals surface area (Å²) >= 11 is 3.30. The van der Waals surface area contributed by atoms with E-state index < -0.39 is 0 Å². The zero-order chi connectivity index (χ0) is 25.1. The van der Waals surface area contributed by atoms with Crippen molar-refractivity contribution in [1.82, 2.24) is 19.9 Å². The SMILES string of the molecule is c1cc(-c2ccc(-c3nc4cc5cc6oc(-c7ccc(-c8ccncc8)s7)nc6cc5cc4o3)s2)ccn1. The van der Waals surface area contributed by atoms with Gasteiger partial charge in [0.05, 0.1) is 9.75 Å². The molecule has 0 aliphatic rings. The van der Waals surface area contributed by atoms with Crippen molar-refractivity contribution < 1.29 is 8.83 Å². The fourth-order valence-electron chi connectivity index (χ4n) is 4.55. The first kappa shape index (κ1) is 21.4. The van der Waals surface area contributed by atoms with Gasteiger partial charge in [-0.2, -0.15) is 0 Å². The number of thiophene rings is 2. The molecule has 180 valence electrons. The van der Waals surface area contributed by atoms with Gasteiger partial charge >= 0.3 is 0 Å². The van der Waals surface area contributed by atoms with E-state index in [0.717, 1.165) is 63.6 Å². The van der Waals surface area contributed by atoms with Gasteiger partial charge in [-0.3, -0.25) is 9.97 Å². The topological polar surface area (TPSA) is 77.8 Å². The van der Waals surface area contributed by atoms with Crippen molar-refractivity contribution in [3.05, 3.63) is 97.6 Å². The van der Waals surface area contributed by atoms with E-state index in [1.165, 1.54) is 0 Å². The minimum Gasteiger partial charge on any atom is -0.435 e. The van der Waals surface area contributed by atoms with Gasteiger partial charge in [-0.05, 0) is 94.7 Å². The van der Waals surface area contributed by atoms with E-state index >= 15 is 0 Å². The maximum absolute atomic E-state index is 6.18. The monoisotopic (exact) mass is 528 g/mol. The molecule has 8 rings (SSSR count). The molecular formula is C30H16N4O2S2. The molecule has 2 aromatic carbocycles. The summed E-state index contributed by atoms with van der Waals surface area (Å²) in [5.74, 6) is 1.24. The molecule has 0 atom stereocenters. The van der Waals surface area contributed by atoms with E-state index in [-0.39, 0.29) is 0 Å². The molecule has 0 spiro atoms. The third kappa shape index (κ3) is 3.61. The van der Waals surface area contributed by atoms with Gasteiger partial charge in [0.2, 0.25) is 11.8 Å². The largest absolute Gasteiger partial charge is 0.435 e. The van der Waals surface area contributed by atoms with Gasteiger partial charge in [0.15, 0.2) is 11.2 Å². The highest BCUT2D eigenvalue weighted by atomic mass is 32.1. The molecule has 0 saturated heterocycles. The van der Waals surface area contributed by atoms with Crippen LogP contribution in [0.25, 0.3) is 75.4 Å². The molecule has 0 saturated carbocycles. The molecule has 0 bridgehead atoms. The minimum absolute atomic E-state index is 0.618. The first-order chi connectivity index (χ1) is 18.8. The molecule has 6 nitrogen and oxygen atoms in total. The van der Waals surface area contributed by atoms with E-state index in [2.05, 4.69) is 22.1 Å². The lowest BCUT2D eigenvalue weighted by Gasteiger charge is -1.96. The number of rotatable bonds is 4. The third-order valence-corrected chi connectivity index (χ3v) is 8.66. The summed E-state index contributed by atoms with van der Waals surface area (Å²) in [4.78, 5) is 22.0. The van der Waals surface area contributed by atoms with Crippen molar-refractivity contribution >= 4 is 55.6 Å². The van der Waals surface area contributed by atoms with Crippen LogP contribution in [0.2, 0.25) is 0 Å². The quantitative estimate of drug-likeness (QED) is 0.227. The smallest absolute Gasteiger partial charge is 0.237 e. The maximum Gasteiger partial charge on any atom is 0.237 e. The minimum atomic E-state index is 0.618. The number of fused-ring (bicyclic) bond motifs is 3. The van der Waals surface area contributed by atoms with Crippen LogP contribution in [-0.2, 0) is 0 Å². The maximum atomic E-state index is 6.18. The lowest BCUT2D eigenvalue weighted by Crippen LogP contribution is -1.76. The van der Waals surface area contributed by atoms with Crippen molar-refractivity contribution in [3.8, 4) is 42.4 Å². The van der Waals surface area contributed by atoms with Crippen LogP contribution in [0.15, 0.2) is 106 Å². The second-order valence-corrected chi connectivity index (χ2v) is 11.0. The van der Waals surface area contributed by atoms with E-state index in [1.807, 2.05) is 60.7 Å². The molecule has 38 heavy (non-hydrogen) atoms. The number of aromatic nitrogens is 4. The van der Waals surface area contributed by atoms with Gasteiger partial charge in [-0.25, -0.2) is 9.97 Å². The Morgan fingerprint density at radius 1 is 0.474 bits per heavy atom. The Bertz CT molecular complexity index is 1870. The number of pyridine rings is 2. The summed E-state index contributed by atoms with van der Waals surface area (Å²) in [5.41, 5.74) is 5.37. The fourth-order valence-corrected chi connectivity index (χ4v) is 6.43. The van der Waals surface area contributed by atoms with Crippen LogP contribution in [0.5, 0.6) is 0 Å². The molecule has 0 unspecified atom stereocenters. The molecule has 0 fully saturated rings. The molecule has 8 aromatic rings. The van der Waals surface area contributed by atoms with Crippen LogP contribution in [0, 0.1) is 0 Å². The Kier molecular flexibility index (Phi) is 4.76. The van der Waals surface area contributed by atoms with Gasteiger partial charge in [0.25, 0.3) is 0 Å². The second-order valence-electron chi connectivity index (χ2n) is 8.82. The number of nitrogens with zero attached hydrogens (tertiary/aromatic N) is 4. The Morgan fingerprint density at radius 2 is 0.895 bits per heavy atom. The second kappa shape index (κ2) is 8.44. The Hall–Kier alpha value is -4.66. The Labute approximate surface area is 223 Å². The molecular weight excluding hydrogens is 512 g/mol. The number of oxazole rings is 2. The van der Waals surface area contributed by atoms with Crippen LogP contribution in [-0.4, -0.2) is 19.9 Å². The van der Waals surface area contributed by atoms with Crippen LogP contribution in [0.4, 0.5) is 0 Å². The van der Waals surface area contributed by atoms with Crippen molar-refractivity contribution in [3.63, 3.8) is 0 Å². The van der Waals surface area contributed by atoms with E-state index in [4.69, 9.17) is 18.8 Å². The Morgan fingerprint density at radius 3 is 1.34 bits per heavy atom. The summed E-state index contributed by atoms with van der Waals surface area (Å²) in [5, 5.41) is 2.06. The average Bonchev–Trinajstić information content (AvgIpc) is 3.76. The summed E-state index contributed by atoms with van der Waals surface area (Å²) in [6.45, 7) is 0. The van der Waals surface area contributed by atoms with Crippen molar-refractivity contribution in [1.29, 1.82) is 0 Å². The molecule has 6 aromatic heterocycles. The molecule has 6 heterocycles. The lowest BCUT2D eigenvalue weighted by molar-refractivity contribution is 0.621. The summed E-state index contributed by atoms with van der Waals surface area (Å²) in [7, 11) is 0. The van der Waals surface area contributed by atoms with Crippen molar-refractivity contribution in [2.45, 2.75) is 0 Å². The number of benzene rings is 2. The van der Waals surface area contributed by atoms with Gasteiger partial charge in [0, 0.05) is 34.5 Å². The van der Waals surface area contributed by atoms with Crippen LogP contribution >= 0.6 is 22.7 Å². The summed E-state index contributed by atoms with van der Waals surface area (Å²) < 4.78 is 12.4. The first-order valence-electron chi connectivity index (χ1n) is 11.9. The van der Waals surface area contributed by atoms with E-state index in [0.29, 0.717) is 11.8 Å². The first-order valence-corrected chi connectivity index (χ1v) is 13.6. The zero-order valence-electron chi connectivity index (χ0n) is 19.7. The molecule has 8 heteroatoms. The van der Waals surface area contributed by atoms with Gasteiger partial charge in [-0.15, -0.1) is 22.7 Å². The predicted molar refractivity (Wildman–Crippen MR) is 152 cm³/mol. The molecule has 0 aliphatic heterocycles. The summed E-state index contributed by atoms with van der Waals surface area (Å²) in [6, 6.07) is 24.4. The van der Waals surface area contributed by atoms with E-state index in [9.17, 15) is 0 Å². The highest BCUT2D eigenvalue weighted by Gasteiger charge is 2.16. The highest BCUT2D eigenvalue weighted by Crippen LogP contribution is 2.38. The summed E-state index contributed by atoms with van der Waals surface area (Å²) in [6.07, 6.45) is 7.20. The molecule has 0 amide bonds. The van der Waals surface area contributed by atoms with Crippen LogP contribution in [0.1, 0.15) is 0 Å². The zero-order valence-corrected chi connectivity index (χ0v) is 21.3. The Balaban J connectivity index is 1.15.